The number of piperidine rings is 1. The highest BCUT2D eigenvalue weighted by molar-refractivity contribution is 5.97. The molecule has 7 heteroatoms. The van der Waals surface area contributed by atoms with E-state index in [1.165, 1.54) is 12.1 Å². The number of hydrogen-bond donors (Lipinski definition) is 2. The molecule has 0 bridgehead atoms. The lowest BCUT2D eigenvalue weighted by molar-refractivity contribution is 0.0839. The quantitative estimate of drug-likeness (QED) is 0.205. The van der Waals surface area contributed by atoms with Crippen LogP contribution in [0.3, 0.4) is 0 Å². The topological polar surface area (TPSA) is 80.5 Å². The number of carbonyl (C=O) groups is 1. The van der Waals surface area contributed by atoms with Crippen LogP contribution in [0.15, 0.2) is 29.3 Å². The van der Waals surface area contributed by atoms with Gasteiger partial charge in [-0.15, -0.1) is 0 Å². The van der Waals surface area contributed by atoms with Crippen LogP contribution in [0.5, 0.6) is 0 Å². The molecule has 1 aromatic rings. The molecule has 2 N–H and O–H groups in total. The first-order valence-electron chi connectivity index (χ1n) is 8.52. The predicted octanol–water partition coefficient (Wildman–Crippen LogP) is 1.76. The van der Waals surface area contributed by atoms with Crippen molar-refractivity contribution in [3.63, 3.8) is 0 Å². The van der Waals surface area contributed by atoms with Crippen LogP contribution >= 0.6 is 0 Å². The number of halogens is 1. The number of nitrogens with zero attached hydrogens (tertiary/aromatic N) is 3. The maximum Gasteiger partial charge on any atom is 0.204 e. The lowest BCUT2D eigenvalue weighted by Gasteiger charge is -2.31. The minimum atomic E-state index is -0.318. The summed E-state index contributed by atoms with van der Waals surface area (Å²) in [6, 6.07) is 5.81. The zero-order chi connectivity index (χ0) is 18.1. The standard InChI is InChI=1S/C18H24FN5O/c1-21-18(23-13-20)22-9-2-10-24-11-7-15(8-12-24)17(25)14-3-5-16(19)6-4-14/h3-6,15H,2,7-12H2,1H3,(H2,21,22,23). The second-order valence-electron chi connectivity index (χ2n) is 6.08. The number of hydrogen-bond acceptors (Lipinski definition) is 4. The number of nitriles is 1. The third kappa shape index (κ3) is 5.84. The summed E-state index contributed by atoms with van der Waals surface area (Å²) < 4.78 is 13.0. The molecule has 0 atom stereocenters. The van der Waals surface area contributed by atoms with Gasteiger partial charge in [-0.3, -0.25) is 15.1 Å². The van der Waals surface area contributed by atoms with Gasteiger partial charge in [0.05, 0.1) is 0 Å². The van der Waals surface area contributed by atoms with E-state index in [0.717, 1.165) is 45.4 Å². The van der Waals surface area contributed by atoms with Crippen LogP contribution in [0.2, 0.25) is 0 Å². The van der Waals surface area contributed by atoms with Crippen molar-refractivity contribution < 1.29 is 9.18 Å². The highest BCUT2D eigenvalue weighted by atomic mass is 19.1. The van der Waals surface area contributed by atoms with Gasteiger partial charge in [0.1, 0.15) is 5.82 Å². The van der Waals surface area contributed by atoms with Crippen molar-refractivity contribution in [1.29, 1.82) is 5.26 Å². The van der Waals surface area contributed by atoms with Gasteiger partial charge in [-0.1, -0.05) is 0 Å². The Bertz CT molecular complexity index is 630. The Morgan fingerprint density at radius 1 is 1.36 bits per heavy atom. The van der Waals surface area contributed by atoms with E-state index < -0.39 is 0 Å². The normalized spacial score (nSPS) is 16.3. The van der Waals surface area contributed by atoms with Crippen LogP contribution in [0, 0.1) is 23.2 Å². The number of guanidine groups is 1. The maximum atomic E-state index is 13.0. The first-order chi connectivity index (χ1) is 12.1. The van der Waals surface area contributed by atoms with Crippen molar-refractivity contribution in [2.45, 2.75) is 19.3 Å². The molecule has 1 aliphatic rings. The molecule has 1 aromatic carbocycles. The average molecular weight is 345 g/mol. The molecular weight excluding hydrogens is 321 g/mol. The van der Waals surface area contributed by atoms with Crippen molar-refractivity contribution in [2.75, 3.05) is 33.2 Å². The molecule has 1 fully saturated rings. The van der Waals surface area contributed by atoms with E-state index in [9.17, 15) is 9.18 Å². The van der Waals surface area contributed by atoms with Gasteiger partial charge < -0.3 is 10.2 Å². The van der Waals surface area contributed by atoms with Gasteiger partial charge in [0, 0.05) is 25.1 Å². The maximum absolute atomic E-state index is 13.0. The highest BCUT2D eigenvalue weighted by Gasteiger charge is 2.25. The van der Waals surface area contributed by atoms with Gasteiger partial charge in [-0.05, 0) is 63.2 Å². The Morgan fingerprint density at radius 2 is 2.04 bits per heavy atom. The van der Waals surface area contributed by atoms with Gasteiger partial charge in [-0.2, -0.15) is 5.26 Å². The van der Waals surface area contributed by atoms with Gasteiger partial charge in [0.15, 0.2) is 12.0 Å². The number of carbonyl (C=O) groups excluding carboxylic acids is 1. The molecule has 0 saturated carbocycles. The molecule has 1 aliphatic heterocycles. The van der Waals surface area contributed by atoms with E-state index in [-0.39, 0.29) is 17.5 Å². The van der Waals surface area contributed by atoms with Crippen molar-refractivity contribution in [2.24, 2.45) is 10.9 Å². The van der Waals surface area contributed by atoms with E-state index in [0.29, 0.717) is 11.5 Å². The van der Waals surface area contributed by atoms with Crippen LogP contribution in [0.4, 0.5) is 4.39 Å². The number of aliphatic imine (C=N–C) groups is 1. The molecule has 0 aromatic heterocycles. The summed E-state index contributed by atoms with van der Waals surface area (Å²) in [6.45, 7) is 3.45. The molecule has 2 rings (SSSR count). The minimum absolute atomic E-state index is 0.0264. The molecular formula is C18H24FN5O. The Labute approximate surface area is 147 Å². The molecule has 6 nitrogen and oxygen atoms in total. The third-order valence-electron chi connectivity index (χ3n) is 4.43. The predicted molar refractivity (Wildman–Crippen MR) is 94.6 cm³/mol. The second kappa shape index (κ2) is 9.74. The first kappa shape index (κ1) is 18.9. The zero-order valence-corrected chi connectivity index (χ0v) is 14.5. The minimum Gasteiger partial charge on any atom is -0.356 e. The average Bonchev–Trinajstić information content (AvgIpc) is 2.65. The van der Waals surface area contributed by atoms with Gasteiger partial charge in [0.2, 0.25) is 5.96 Å². The molecule has 25 heavy (non-hydrogen) atoms. The summed E-state index contributed by atoms with van der Waals surface area (Å²) in [5.74, 6) is 0.304. The van der Waals surface area contributed by atoms with E-state index in [1.807, 2.05) is 6.19 Å². The fourth-order valence-corrected chi connectivity index (χ4v) is 3.01. The van der Waals surface area contributed by atoms with E-state index in [4.69, 9.17) is 5.26 Å². The molecule has 1 heterocycles. The van der Waals surface area contributed by atoms with Crippen molar-refractivity contribution in [3.8, 4) is 6.19 Å². The molecule has 0 radical (unpaired) electrons. The fourth-order valence-electron chi connectivity index (χ4n) is 3.01. The highest BCUT2D eigenvalue weighted by Crippen LogP contribution is 2.22. The van der Waals surface area contributed by atoms with Crippen molar-refractivity contribution in [1.82, 2.24) is 15.5 Å². The number of likely N-dealkylation sites (tertiary alicyclic amines) is 1. The Balaban J connectivity index is 1.68. The summed E-state index contributed by atoms with van der Waals surface area (Å²) in [5, 5.41) is 14.1. The number of Topliss-reactive ketones (excluding diaryl/α,β-unsaturated/α-hetero) is 1. The molecule has 0 spiro atoms. The molecule has 1 saturated heterocycles. The number of nitrogens with one attached hydrogen (secondary N) is 2. The van der Waals surface area contributed by atoms with Crippen molar-refractivity contribution >= 4 is 11.7 Å². The Morgan fingerprint density at radius 3 is 2.64 bits per heavy atom. The summed E-state index contributed by atoms with van der Waals surface area (Å²) >= 11 is 0. The summed E-state index contributed by atoms with van der Waals surface area (Å²) in [5.41, 5.74) is 0.598. The lowest BCUT2D eigenvalue weighted by atomic mass is 9.89. The van der Waals surface area contributed by atoms with Crippen LogP contribution in [0.1, 0.15) is 29.6 Å². The fraction of sp³-hybridized carbons (Fsp3) is 0.500. The monoisotopic (exact) mass is 345 g/mol. The molecule has 0 amide bonds. The first-order valence-corrected chi connectivity index (χ1v) is 8.52. The molecule has 0 aliphatic carbocycles. The molecule has 0 unspecified atom stereocenters. The van der Waals surface area contributed by atoms with Crippen LogP contribution in [-0.4, -0.2) is 49.9 Å². The third-order valence-corrected chi connectivity index (χ3v) is 4.43. The van der Waals surface area contributed by atoms with Crippen molar-refractivity contribution in [3.05, 3.63) is 35.6 Å². The van der Waals surface area contributed by atoms with Crippen LogP contribution in [0.25, 0.3) is 0 Å². The summed E-state index contributed by atoms with van der Waals surface area (Å²) in [7, 11) is 1.62. The zero-order valence-electron chi connectivity index (χ0n) is 14.5. The Hall–Kier alpha value is -2.46. The van der Waals surface area contributed by atoms with Gasteiger partial charge in [-0.25, -0.2) is 4.39 Å². The van der Waals surface area contributed by atoms with Crippen LogP contribution in [-0.2, 0) is 0 Å². The van der Waals surface area contributed by atoms with Gasteiger partial charge in [0.25, 0.3) is 0 Å². The SMILES string of the molecule is CN=C(NC#N)NCCCN1CCC(C(=O)c2ccc(F)cc2)CC1. The van der Waals surface area contributed by atoms with E-state index >= 15 is 0 Å². The lowest BCUT2D eigenvalue weighted by Crippen LogP contribution is -2.39. The molecule has 134 valence electrons. The van der Waals surface area contributed by atoms with E-state index in [2.05, 4.69) is 20.5 Å². The second-order valence-corrected chi connectivity index (χ2v) is 6.08. The number of benzene rings is 1. The summed E-state index contributed by atoms with van der Waals surface area (Å²) in [4.78, 5) is 18.7. The number of ketones is 1. The summed E-state index contributed by atoms with van der Waals surface area (Å²) in [6.07, 6.45) is 4.44. The number of rotatable bonds is 6. The van der Waals surface area contributed by atoms with E-state index in [1.54, 1.807) is 19.2 Å². The largest absolute Gasteiger partial charge is 0.356 e. The van der Waals surface area contributed by atoms with Gasteiger partial charge >= 0.3 is 0 Å². The van der Waals surface area contributed by atoms with Crippen LogP contribution < -0.4 is 10.6 Å². The smallest absolute Gasteiger partial charge is 0.204 e. The Kier molecular flexibility index (Phi) is 7.36.